The molecule has 0 aliphatic heterocycles. The van der Waals surface area contributed by atoms with E-state index in [1.54, 1.807) is 23.1 Å². The van der Waals surface area contributed by atoms with E-state index in [9.17, 15) is 4.79 Å². The molecule has 0 saturated carbocycles. The fourth-order valence-corrected chi connectivity index (χ4v) is 1.74. The van der Waals surface area contributed by atoms with Crippen LogP contribution in [-0.4, -0.2) is 20.7 Å². The van der Waals surface area contributed by atoms with Crippen LogP contribution in [-0.2, 0) is 24.8 Å². The molecule has 0 radical (unpaired) electrons. The topological polar surface area (TPSA) is 85.8 Å². The van der Waals surface area contributed by atoms with Gasteiger partial charge in [-0.2, -0.15) is 5.10 Å². The van der Waals surface area contributed by atoms with Gasteiger partial charge in [-0.05, 0) is 18.1 Å². The molecule has 2 heterocycles. The Labute approximate surface area is 111 Å². The second-order valence-corrected chi connectivity index (χ2v) is 4.35. The van der Waals surface area contributed by atoms with Gasteiger partial charge in [-0.3, -0.25) is 9.48 Å². The summed E-state index contributed by atoms with van der Waals surface area (Å²) in [6.45, 7) is 0.408. The van der Waals surface area contributed by atoms with Gasteiger partial charge < -0.3 is 11.1 Å². The smallest absolute Gasteiger partial charge is 0.220 e. The third kappa shape index (κ3) is 3.80. The first-order chi connectivity index (χ1) is 9.15. The van der Waals surface area contributed by atoms with Crippen LogP contribution >= 0.6 is 0 Å². The third-order valence-corrected chi connectivity index (χ3v) is 2.80. The van der Waals surface area contributed by atoms with Crippen molar-refractivity contribution in [3.63, 3.8) is 0 Å². The second-order valence-electron chi connectivity index (χ2n) is 4.35. The summed E-state index contributed by atoms with van der Waals surface area (Å²) in [4.78, 5) is 15.7. The maximum Gasteiger partial charge on any atom is 0.220 e. The van der Waals surface area contributed by atoms with Gasteiger partial charge in [0.1, 0.15) is 5.82 Å². The molecule has 2 aromatic heterocycles. The average Bonchev–Trinajstić information content (AvgIpc) is 2.81. The van der Waals surface area contributed by atoms with Gasteiger partial charge in [0.2, 0.25) is 5.91 Å². The second kappa shape index (κ2) is 5.99. The van der Waals surface area contributed by atoms with E-state index in [4.69, 9.17) is 5.73 Å². The lowest BCUT2D eigenvalue weighted by Gasteiger charge is -2.06. The minimum Gasteiger partial charge on any atom is -0.383 e. The number of pyridine rings is 1. The first-order valence-electron chi connectivity index (χ1n) is 6.09. The fourth-order valence-electron chi connectivity index (χ4n) is 1.74. The molecule has 3 N–H and O–H groups in total. The number of rotatable bonds is 5. The first kappa shape index (κ1) is 13.1. The summed E-state index contributed by atoms with van der Waals surface area (Å²) in [5.41, 5.74) is 7.59. The van der Waals surface area contributed by atoms with E-state index >= 15 is 0 Å². The van der Waals surface area contributed by atoms with Gasteiger partial charge in [-0.25, -0.2) is 4.98 Å². The van der Waals surface area contributed by atoms with Gasteiger partial charge in [0.25, 0.3) is 0 Å². The minimum absolute atomic E-state index is 0.00731. The van der Waals surface area contributed by atoms with E-state index in [2.05, 4.69) is 15.4 Å². The van der Waals surface area contributed by atoms with Gasteiger partial charge in [0.15, 0.2) is 0 Å². The zero-order valence-corrected chi connectivity index (χ0v) is 10.8. The Morgan fingerprint density at radius 3 is 3.05 bits per heavy atom. The van der Waals surface area contributed by atoms with Gasteiger partial charge >= 0.3 is 0 Å². The van der Waals surface area contributed by atoms with Crippen LogP contribution in [0.15, 0.2) is 30.7 Å². The fraction of sp³-hybridized carbons (Fsp3) is 0.308. The number of aryl methyl sites for hydroxylation is 2. The van der Waals surface area contributed by atoms with Crippen molar-refractivity contribution in [2.45, 2.75) is 19.4 Å². The molecule has 6 nitrogen and oxygen atoms in total. The standard InChI is InChI=1S/C13H17N5O/c1-18-9-10(7-17-18)4-5-12(19)16-8-11-3-2-6-15-13(11)14/h2-3,6-7,9H,4-5,8H2,1H3,(H2,14,15)(H,16,19). The van der Waals surface area contributed by atoms with Gasteiger partial charge in [0.05, 0.1) is 6.20 Å². The number of hydrogen-bond acceptors (Lipinski definition) is 4. The van der Waals surface area contributed by atoms with Crippen molar-refractivity contribution in [2.75, 3.05) is 5.73 Å². The molecule has 0 aliphatic rings. The maximum absolute atomic E-state index is 11.7. The van der Waals surface area contributed by atoms with Crippen LogP contribution in [0.5, 0.6) is 0 Å². The van der Waals surface area contributed by atoms with Crippen LogP contribution in [0.4, 0.5) is 5.82 Å². The number of nitrogens with two attached hydrogens (primary N) is 1. The highest BCUT2D eigenvalue weighted by Crippen LogP contribution is 2.06. The summed E-state index contributed by atoms with van der Waals surface area (Å²) in [6.07, 6.45) is 6.43. The molecule has 0 aliphatic carbocycles. The van der Waals surface area contributed by atoms with Crippen molar-refractivity contribution < 1.29 is 4.79 Å². The Morgan fingerprint density at radius 2 is 2.37 bits per heavy atom. The summed E-state index contributed by atoms with van der Waals surface area (Å²) in [7, 11) is 1.86. The Morgan fingerprint density at radius 1 is 1.53 bits per heavy atom. The monoisotopic (exact) mass is 259 g/mol. The predicted octanol–water partition coefficient (Wildman–Crippen LogP) is 0.646. The predicted molar refractivity (Wildman–Crippen MR) is 72.0 cm³/mol. The third-order valence-electron chi connectivity index (χ3n) is 2.80. The molecule has 100 valence electrons. The van der Waals surface area contributed by atoms with Gasteiger partial charge in [0, 0.05) is 38.0 Å². The number of nitrogen functional groups attached to an aromatic ring is 1. The number of nitrogens with one attached hydrogen (secondary N) is 1. The summed E-state index contributed by atoms with van der Waals surface area (Å²) in [6, 6.07) is 3.65. The number of aromatic nitrogens is 3. The quantitative estimate of drug-likeness (QED) is 0.825. The minimum atomic E-state index is -0.00731. The number of anilines is 1. The van der Waals surface area contributed by atoms with Crippen molar-refractivity contribution in [1.82, 2.24) is 20.1 Å². The van der Waals surface area contributed by atoms with Crippen molar-refractivity contribution >= 4 is 11.7 Å². The first-order valence-corrected chi connectivity index (χ1v) is 6.09. The molecular formula is C13H17N5O. The number of hydrogen-bond donors (Lipinski definition) is 2. The lowest BCUT2D eigenvalue weighted by Crippen LogP contribution is -2.23. The SMILES string of the molecule is Cn1cc(CCC(=O)NCc2cccnc2N)cn1. The normalized spacial score (nSPS) is 10.4. The average molecular weight is 259 g/mol. The molecular weight excluding hydrogens is 242 g/mol. The highest BCUT2D eigenvalue weighted by Gasteiger charge is 2.05. The van der Waals surface area contributed by atoms with E-state index in [1.807, 2.05) is 19.3 Å². The number of carbonyl (C=O) groups excluding carboxylic acids is 1. The summed E-state index contributed by atoms with van der Waals surface area (Å²) in [5, 5.41) is 6.89. The van der Waals surface area contributed by atoms with Crippen LogP contribution in [0.25, 0.3) is 0 Å². The van der Waals surface area contributed by atoms with Crippen molar-refractivity contribution in [3.8, 4) is 0 Å². The van der Waals surface area contributed by atoms with E-state index < -0.39 is 0 Å². The maximum atomic E-state index is 11.7. The van der Waals surface area contributed by atoms with E-state index in [-0.39, 0.29) is 5.91 Å². The number of nitrogens with zero attached hydrogens (tertiary/aromatic N) is 3. The molecule has 2 rings (SSSR count). The highest BCUT2D eigenvalue weighted by atomic mass is 16.1. The lowest BCUT2D eigenvalue weighted by atomic mass is 10.2. The van der Waals surface area contributed by atoms with Crippen LogP contribution in [0.2, 0.25) is 0 Å². The Bertz CT molecular complexity index is 564. The zero-order valence-electron chi connectivity index (χ0n) is 10.8. The molecule has 2 aromatic rings. The summed E-state index contributed by atoms with van der Waals surface area (Å²) >= 11 is 0. The molecule has 0 fully saturated rings. The Balaban J connectivity index is 1.77. The molecule has 0 unspecified atom stereocenters. The molecule has 1 amide bonds. The van der Waals surface area contributed by atoms with E-state index in [1.165, 1.54) is 0 Å². The van der Waals surface area contributed by atoms with E-state index in [0.717, 1.165) is 11.1 Å². The Hall–Kier alpha value is -2.37. The van der Waals surface area contributed by atoms with Crippen LogP contribution in [0.3, 0.4) is 0 Å². The largest absolute Gasteiger partial charge is 0.383 e. The molecule has 19 heavy (non-hydrogen) atoms. The van der Waals surface area contributed by atoms with Crippen molar-refractivity contribution in [2.24, 2.45) is 7.05 Å². The molecule has 0 bridgehead atoms. The summed E-state index contributed by atoms with van der Waals surface area (Å²) < 4.78 is 1.73. The molecule has 6 heteroatoms. The molecule has 0 aromatic carbocycles. The van der Waals surface area contributed by atoms with Gasteiger partial charge in [-0.15, -0.1) is 0 Å². The summed E-state index contributed by atoms with van der Waals surface area (Å²) in [5.74, 6) is 0.446. The number of amides is 1. The van der Waals surface area contributed by atoms with Crippen LogP contribution in [0, 0.1) is 0 Å². The van der Waals surface area contributed by atoms with Crippen molar-refractivity contribution in [1.29, 1.82) is 0 Å². The van der Waals surface area contributed by atoms with Gasteiger partial charge in [-0.1, -0.05) is 6.07 Å². The zero-order chi connectivity index (χ0) is 13.7. The number of carbonyl (C=O) groups is 1. The molecule has 0 saturated heterocycles. The van der Waals surface area contributed by atoms with Crippen LogP contribution in [0.1, 0.15) is 17.5 Å². The lowest BCUT2D eigenvalue weighted by molar-refractivity contribution is -0.121. The highest BCUT2D eigenvalue weighted by molar-refractivity contribution is 5.76. The molecule has 0 spiro atoms. The van der Waals surface area contributed by atoms with E-state index in [0.29, 0.717) is 25.2 Å². The molecule has 0 atom stereocenters. The van der Waals surface area contributed by atoms with Crippen molar-refractivity contribution in [3.05, 3.63) is 41.9 Å². The van der Waals surface area contributed by atoms with Crippen LogP contribution < -0.4 is 11.1 Å². The Kier molecular flexibility index (Phi) is 4.12.